The first kappa shape index (κ1) is 15.0. The summed E-state index contributed by atoms with van der Waals surface area (Å²) in [6.45, 7) is 0.0322. The van der Waals surface area contributed by atoms with E-state index in [1.807, 2.05) is 30.3 Å². The molecule has 0 radical (unpaired) electrons. The maximum absolute atomic E-state index is 13.0. The third-order valence-electron chi connectivity index (χ3n) is 2.72. The van der Waals surface area contributed by atoms with E-state index >= 15 is 0 Å². The largest absolute Gasteiger partial charge is 0.240 e. The van der Waals surface area contributed by atoms with Gasteiger partial charge in [-0.2, -0.15) is 0 Å². The van der Waals surface area contributed by atoms with Gasteiger partial charge in [0, 0.05) is 6.54 Å². The Morgan fingerprint density at radius 2 is 1.80 bits per heavy atom. The third-order valence-corrected chi connectivity index (χ3v) is 4.55. The highest BCUT2D eigenvalue weighted by molar-refractivity contribution is 7.89. The van der Waals surface area contributed by atoms with Crippen molar-refractivity contribution in [3.63, 3.8) is 0 Å². The minimum absolute atomic E-state index is 0.0322. The first-order valence-electron chi connectivity index (χ1n) is 5.93. The van der Waals surface area contributed by atoms with Crippen LogP contribution >= 0.6 is 11.6 Å². The molecule has 0 bridgehead atoms. The molecule has 3 nitrogen and oxygen atoms in total. The van der Waals surface area contributed by atoms with Gasteiger partial charge < -0.3 is 0 Å². The van der Waals surface area contributed by atoms with Crippen molar-refractivity contribution < 1.29 is 12.8 Å². The fourth-order valence-electron chi connectivity index (χ4n) is 1.68. The van der Waals surface area contributed by atoms with Gasteiger partial charge in [-0.05, 0) is 23.8 Å². The SMILES string of the molecule is O=S(=O)(NCC(Cl)c1ccccc1)c1cccc(F)c1. The minimum atomic E-state index is -3.76. The number of sulfonamides is 1. The Labute approximate surface area is 122 Å². The molecule has 2 aromatic rings. The molecule has 0 amide bonds. The first-order valence-corrected chi connectivity index (χ1v) is 7.85. The van der Waals surface area contributed by atoms with Crippen LogP contribution in [0.2, 0.25) is 0 Å². The molecular formula is C14H13ClFNO2S. The average molecular weight is 314 g/mol. The van der Waals surface area contributed by atoms with Crippen LogP contribution in [0, 0.1) is 5.82 Å². The maximum Gasteiger partial charge on any atom is 0.240 e. The van der Waals surface area contributed by atoms with Crippen LogP contribution in [0.1, 0.15) is 10.9 Å². The van der Waals surface area contributed by atoms with Crippen LogP contribution in [-0.4, -0.2) is 15.0 Å². The molecule has 0 aliphatic heterocycles. The Hall–Kier alpha value is -1.43. The van der Waals surface area contributed by atoms with Gasteiger partial charge in [-0.1, -0.05) is 36.4 Å². The summed E-state index contributed by atoms with van der Waals surface area (Å²) in [5.41, 5.74) is 0.816. The zero-order chi connectivity index (χ0) is 14.6. The number of hydrogen-bond donors (Lipinski definition) is 1. The van der Waals surface area contributed by atoms with E-state index in [0.717, 1.165) is 11.6 Å². The molecule has 2 aromatic carbocycles. The van der Waals surface area contributed by atoms with Crippen molar-refractivity contribution in [1.82, 2.24) is 4.72 Å². The van der Waals surface area contributed by atoms with Gasteiger partial charge in [0.1, 0.15) is 5.82 Å². The second kappa shape index (κ2) is 6.35. The summed E-state index contributed by atoms with van der Waals surface area (Å²) in [5.74, 6) is -0.599. The number of nitrogens with one attached hydrogen (secondary N) is 1. The molecule has 0 aliphatic rings. The number of halogens is 2. The number of hydrogen-bond acceptors (Lipinski definition) is 2. The Kier molecular flexibility index (Phi) is 4.75. The lowest BCUT2D eigenvalue weighted by molar-refractivity contribution is 0.577. The third kappa shape index (κ3) is 3.79. The zero-order valence-electron chi connectivity index (χ0n) is 10.5. The van der Waals surface area contributed by atoms with Gasteiger partial charge in [0.2, 0.25) is 10.0 Å². The molecule has 20 heavy (non-hydrogen) atoms. The molecule has 0 spiro atoms. The summed E-state index contributed by atoms with van der Waals surface area (Å²) < 4.78 is 39.4. The van der Waals surface area contributed by atoms with E-state index < -0.39 is 21.2 Å². The number of alkyl halides is 1. The normalized spacial score (nSPS) is 13.1. The van der Waals surface area contributed by atoms with Crippen LogP contribution in [0.25, 0.3) is 0 Å². The van der Waals surface area contributed by atoms with Crippen molar-refractivity contribution in [2.24, 2.45) is 0 Å². The maximum atomic E-state index is 13.0. The van der Waals surface area contributed by atoms with Gasteiger partial charge in [-0.3, -0.25) is 0 Å². The fourth-order valence-corrected chi connectivity index (χ4v) is 3.07. The molecule has 0 aromatic heterocycles. The smallest absolute Gasteiger partial charge is 0.209 e. The molecule has 106 valence electrons. The zero-order valence-corrected chi connectivity index (χ0v) is 12.0. The van der Waals surface area contributed by atoms with E-state index in [-0.39, 0.29) is 11.4 Å². The predicted molar refractivity (Wildman–Crippen MR) is 76.6 cm³/mol. The van der Waals surface area contributed by atoms with Gasteiger partial charge in [-0.25, -0.2) is 17.5 Å². The Bertz CT molecular complexity index is 677. The lowest BCUT2D eigenvalue weighted by Gasteiger charge is -2.11. The second-order valence-corrected chi connectivity index (χ2v) is 6.48. The summed E-state index contributed by atoms with van der Waals surface area (Å²) in [7, 11) is -3.76. The van der Waals surface area contributed by atoms with Crippen LogP contribution < -0.4 is 4.72 Å². The highest BCUT2D eigenvalue weighted by Gasteiger charge is 2.17. The first-order chi connectivity index (χ1) is 9.49. The lowest BCUT2D eigenvalue weighted by Crippen LogP contribution is -2.27. The van der Waals surface area contributed by atoms with E-state index in [9.17, 15) is 12.8 Å². The van der Waals surface area contributed by atoms with Gasteiger partial charge in [0.15, 0.2) is 0 Å². The van der Waals surface area contributed by atoms with Crippen molar-refractivity contribution in [2.45, 2.75) is 10.3 Å². The number of rotatable bonds is 5. The van der Waals surface area contributed by atoms with E-state index in [1.165, 1.54) is 18.2 Å². The standard InChI is InChI=1S/C14H13ClFNO2S/c15-14(11-5-2-1-3-6-11)10-17-20(18,19)13-8-4-7-12(16)9-13/h1-9,14,17H,10H2. The summed E-state index contributed by atoms with van der Waals surface area (Å²) in [4.78, 5) is -0.116. The van der Waals surface area contributed by atoms with Gasteiger partial charge in [0.25, 0.3) is 0 Å². The van der Waals surface area contributed by atoms with Crippen LogP contribution in [0.4, 0.5) is 4.39 Å². The van der Waals surface area contributed by atoms with Crippen LogP contribution in [0.5, 0.6) is 0 Å². The van der Waals surface area contributed by atoms with E-state index in [1.54, 1.807) is 0 Å². The van der Waals surface area contributed by atoms with Crippen molar-refractivity contribution in [2.75, 3.05) is 6.54 Å². The molecule has 0 fully saturated rings. The van der Waals surface area contributed by atoms with Crippen molar-refractivity contribution in [3.8, 4) is 0 Å². The molecule has 1 atom stereocenters. The van der Waals surface area contributed by atoms with Crippen LogP contribution in [0.3, 0.4) is 0 Å². The Morgan fingerprint density at radius 1 is 1.10 bits per heavy atom. The fraction of sp³-hybridized carbons (Fsp3) is 0.143. The predicted octanol–water partition coefficient (Wildman–Crippen LogP) is 3.08. The van der Waals surface area contributed by atoms with Gasteiger partial charge in [-0.15, -0.1) is 11.6 Å². The van der Waals surface area contributed by atoms with Crippen molar-refractivity contribution >= 4 is 21.6 Å². The monoisotopic (exact) mass is 313 g/mol. The van der Waals surface area contributed by atoms with Crippen molar-refractivity contribution in [3.05, 3.63) is 66.0 Å². The summed E-state index contributed by atoms with van der Waals surface area (Å²) >= 11 is 6.13. The lowest BCUT2D eigenvalue weighted by atomic mass is 10.1. The van der Waals surface area contributed by atoms with E-state index in [0.29, 0.717) is 0 Å². The topological polar surface area (TPSA) is 46.2 Å². The molecule has 0 heterocycles. The van der Waals surface area contributed by atoms with Crippen molar-refractivity contribution in [1.29, 1.82) is 0 Å². The highest BCUT2D eigenvalue weighted by atomic mass is 35.5. The molecule has 0 saturated heterocycles. The number of benzene rings is 2. The van der Waals surface area contributed by atoms with Crippen LogP contribution in [0.15, 0.2) is 59.5 Å². The van der Waals surface area contributed by atoms with E-state index in [2.05, 4.69) is 4.72 Å². The highest BCUT2D eigenvalue weighted by Crippen LogP contribution is 2.20. The molecule has 0 saturated carbocycles. The minimum Gasteiger partial charge on any atom is -0.209 e. The molecule has 0 aliphatic carbocycles. The molecule has 1 N–H and O–H groups in total. The Balaban J connectivity index is 2.07. The van der Waals surface area contributed by atoms with Gasteiger partial charge in [0.05, 0.1) is 10.3 Å². The van der Waals surface area contributed by atoms with Gasteiger partial charge >= 0.3 is 0 Å². The van der Waals surface area contributed by atoms with Crippen LogP contribution in [-0.2, 0) is 10.0 Å². The average Bonchev–Trinajstić information content (AvgIpc) is 2.46. The summed E-state index contributed by atoms with van der Waals surface area (Å²) in [6.07, 6.45) is 0. The summed E-state index contributed by atoms with van der Waals surface area (Å²) in [5, 5.41) is -0.487. The molecular weight excluding hydrogens is 301 g/mol. The van der Waals surface area contributed by atoms with E-state index in [4.69, 9.17) is 11.6 Å². The molecule has 6 heteroatoms. The second-order valence-electron chi connectivity index (χ2n) is 4.19. The molecule has 1 unspecified atom stereocenters. The Morgan fingerprint density at radius 3 is 2.45 bits per heavy atom. The quantitative estimate of drug-likeness (QED) is 0.862. The summed E-state index contributed by atoms with van der Waals surface area (Å²) in [6, 6.07) is 14.0. The molecule has 2 rings (SSSR count).